The summed E-state index contributed by atoms with van der Waals surface area (Å²) in [5.74, 6) is -0.109. The minimum absolute atomic E-state index is 0.0638. The Kier molecular flexibility index (Phi) is 5.11. The molecular weight excluding hydrogens is 352 g/mol. The Morgan fingerprint density at radius 1 is 1.36 bits per heavy atom. The van der Waals surface area contributed by atoms with E-state index in [1.54, 1.807) is 19.1 Å². The molecule has 0 saturated carbocycles. The van der Waals surface area contributed by atoms with E-state index < -0.39 is 4.92 Å². The number of non-ortho nitro benzene ring substituents is 1. The van der Waals surface area contributed by atoms with E-state index >= 15 is 0 Å². The number of aliphatic imine (C=N–C) groups is 1. The molecule has 0 unspecified atom stereocenters. The molecule has 114 valence electrons. The van der Waals surface area contributed by atoms with Gasteiger partial charge in [0.15, 0.2) is 11.5 Å². The highest BCUT2D eigenvalue weighted by Crippen LogP contribution is 2.34. The maximum absolute atomic E-state index is 11.0. The molecule has 0 heterocycles. The van der Waals surface area contributed by atoms with Crippen LogP contribution in [0.2, 0.25) is 0 Å². The van der Waals surface area contributed by atoms with E-state index in [1.807, 2.05) is 12.1 Å². The Balaban J connectivity index is 2.40. The van der Waals surface area contributed by atoms with Crippen LogP contribution in [0.3, 0.4) is 0 Å². The summed E-state index contributed by atoms with van der Waals surface area (Å²) in [6.45, 7) is 2.02. The third-order valence-electron chi connectivity index (χ3n) is 2.78. The molecule has 2 aromatic rings. The first kappa shape index (κ1) is 16.0. The van der Waals surface area contributed by atoms with E-state index in [-0.39, 0.29) is 29.4 Å². The van der Waals surface area contributed by atoms with Crippen molar-refractivity contribution in [2.75, 3.05) is 6.61 Å². The van der Waals surface area contributed by atoms with Crippen LogP contribution in [-0.4, -0.2) is 22.9 Å². The van der Waals surface area contributed by atoms with Gasteiger partial charge in [0.05, 0.1) is 23.3 Å². The first-order valence-corrected chi connectivity index (χ1v) is 7.24. The molecule has 6 nitrogen and oxygen atoms in total. The second-order valence-electron chi connectivity index (χ2n) is 4.31. The van der Waals surface area contributed by atoms with Crippen LogP contribution in [0.4, 0.5) is 11.4 Å². The maximum Gasteiger partial charge on any atom is 0.274 e. The molecule has 22 heavy (non-hydrogen) atoms. The second-order valence-corrected chi connectivity index (χ2v) is 5.22. The highest BCUT2D eigenvalue weighted by molar-refractivity contribution is 9.10. The zero-order valence-electron chi connectivity index (χ0n) is 11.7. The first-order chi connectivity index (χ1) is 10.5. The van der Waals surface area contributed by atoms with E-state index in [0.29, 0.717) is 5.69 Å². The summed E-state index contributed by atoms with van der Waals surface area (Å²) in [7, 11) is 0. The number of halogens is 1. The molecule has 0 amide bonds. The average molecular weight is 365 g/mol. The van der Waals surface area contributed by atoms with Crippen molar-refractivity contribution >= 4 is 33.5 Å². The number of hydrogen-bond donors (Lipinski definition) is 1. The van der Waals surface area contributed by atoms with Gasteiger partial charge in [-0.3, -0.25) is 15.1 Å². The predicted molar refractivity (Wildman–Crippen MR) is 87.3 cm³/mol. The molecule has 0 saturated heterocycles. The van der Waals surface area contributed by atoms with Gasteiger partial charge in [0.2, 0.25) is 0 Å². The Morgan fingerprint density at radius 3 is 2.64 bits per heavy atom. The molecule has 2 aromatic carbocycles. The van der Waals surface area contributed by atoms with Crippen LogP contribution in [0.5, 0.6) is 11.5 Å². The lowest BCUT2D eigenvalue weighted by atomic mass is 10.1. The van der Waals surface area contributed by atoms with Crippen LogP contribution in [0.25, 0.3) is 0 Å². The van der Waals surface area contributed by atoms with Crippen molar-refractivity contribution in [3.05, 3.63) is 56.5 Å². The lowest BCUT2D eigenvalue weighted by Crippen LogP contribution is -1.97. The Morgan fingerprint density at radius 2 is 2.05 bits per heavy atom. The number of phenols is 1. The van der Waals surface area contributed by atoms with Crippen molar-refractivity contribution in [3.63, 3.8) is 0 Å². The lowest BCUT2D eigenvalue weighted by Gasteiger charge is -2.07. The van der Waals surface area contributed by atoms with Crippen LogP contribution in [-0.2, 0) is 0 Å². The van der Waals surface area contributed by atoms with Gasteiger partial charge in [-0.15, -0.1) is 0 Å². The predicted octanol–water partition coefficient (Wildman–Crippen LogP) is 4.21. The van der Waals surface area contributed by atoms with Gasteiger partial charge < -0.3 is 9.84 Å². The van der Waals surface area contributed by atoms with Gasteiger partial charge in [0, 0.05) is 22.3 Å². The Hall–Kier alpha value is -2.41. The largest absolute Gasteiger partial charge is 0.504 e. The number of nitro benzene ring substituents is 1. The minimum Gasteiger partial charge on any atom is -0.504 e. The van der Waals surface area contributed by atoms with Gasteiger partial charge >= 0.3 is 0 Å². The molecule has 0 aliphatic carbocycles. The monoisotopic (exact) mass is 364 g/mol. The number of benzene rings is 2. The quantitative estimate of drug-likeness (QED) is 0.489. The first-order valence-electron chi connectivity index (χ1n) is 6.45. The smallest absolute Gasteiger partial charge is 0.274 e. The minimum atomic E-state index is -0.543. The fourth-order valence-corrected chi connectivity index (χ4v) is 2.02. The van der Waals surface area contributed by atoms with Crippen LogP contribution < -0.4 is 4.74 Å². The van der Waals surface area contributed by atoms with Crippen molar-refractivity contribution in [1.82, 2.24) is 0 Å². The molecule has 0 bridgehead atoms. The SMILES string of the molecule is CCOc1cc([N+](=O)[O-])cc(C=Nc2ccc(Br)cc2)c1O. The van der Waals surface area contributed by atoms with E-state index in [9.17, 15) is 15.2 Å². The zero-order chi connectivity index (χ0) is 16.1. The van der Waals surface area contributed by atoms with Gasteiger partial charge in [-0.25, -0.2) is 0 Å². The van der Waals surface area contributed by atoms with Gasteiger partial charge in [-0.1, -0.05) is 15.9 Å². The third-order valence-corrected chi connectivity index (χ3v) is 3.31. The molecule has 2 rings (SSSR count). The fraction of sp³-hybridized carbons (Fsp3) is 0.133. The second kappa shape index (κ2) is 7.04. The standard InChI is InChI=1S/C15H13BrN2O4/c1-2-22-14-8-13(18(20)21)7-10(15(14)19)9-17-12-5-3-11(16)4-6-12/h3-9,19H,2H2,1H3. The van der Waals surface area contributed by atoms with E-state index in [4.69, 9.17) is 4.74 Å². The van der Waals surface area contributed by atoms with Crippen LogP contribution >= 0.6 is 15.9 Å². The highest BCUT2D eigenvalue weighted by Gasteiger charge is 2.16. The summed E-state index contributed by atoms with van der Waals surface area (Å²) in [5.41, 5.74) is 0.714. The summed E-state index contributed by atoms with van der Waals surface area (Å²) in [4.78, 5) is 14.6. The van der Waals surface area contributed by atoms with Crippen molar-refractivity contribution in [1.29, 1.82) is 0 Å². The van der Waals surface area contributed by atoms with Gasteiger partial charge in [-0.2, -0.15) is 0 Å². The zero-order valence-corrected chi connectivity index (χ0v) is 13.3. The Bertz CT molecular complexity index is 714. The number of aromatic hydroxyl groups is 1. The topological polar surface area (TPSA) is 85.0 Å². The molecular formula is C15H13BrN2O4. The number of rotatable bonds is 5. The number of ether oxygens (including phenoxy) is 1. The lowest BCUT2D eigenvalue weighted by molar-refractivity contribution is -0.385. The summed E-state index contributed by atoms with van der Waals surface area (Å²) < 4.78 is 6.13. The van der Waals surface area contributed by atoms with E-state index in [0.717, 1.165) is 4.47 Å². The van der Waals surface area contributed by atoms with Crippen LogP contribution in [0.15, 0.2) is 45.9 Å². The normalized spacial score (nSPS) is 10.8. The summed E-state index contributed by atoms with van der Waals surface area (Å²) in [6, 6.07) is 9.64. The Labute approximate surface area is 135 Å². The molecule has 0 fully saturated rings. The molecule has 0 aromatic heterocycles. The van der Waals surface area contributed by atoms with Crippen molar-refractivity contribution < 1.29 is 14.8 Å². The van der Waals surface area contributed by atoms with Crippen molar-refractivity contribution in [2.45, 2.75) is 6.92 Å². The maximum atomic E-state index is 11.0. The molecule has 0 aliphatic rings. The van der Waals surface area contributed by atoms with Crippen molar-refractivity contribution in [2.24, 2.45) is 4.99 Å². The average Bonchev–Trinajstić information content (AvgIpc) is 2.49. The molecule has 1 N–H and O–H groups in total. The molecule has 0 spiro atoms. The van der Waals surface area contributed by atoms with Crippen LogP contribution in [0, 0.1) is 10.1 Å². The highest BCUT2D eigenvalue weighted by atomic mass is 79.9. The summed E-state index contributed by atoms with van der Waals surface area (Å²) in [6.07, 6.45) is 1.37. The molecule has 0 aliphatic heterocycles. The fourth-order valence-electron chi connectivity index (χ4n) is 1.75. The number of nitro groups is 1. The van der Waals surface area contributed by atoms with Gasteiger partial charge in [-0.05, 0) is 31.2 Å². The van der Waals surface area contributed by atoms with E-state index in [1.165, 1.54) is 18.3 Å². The van der Waals surface area contributed by atoms with E-state index in [2.05, 4.69) is 20.9 Å². The van der Waals surface area contributed by atoms with Crippen molar-refractivity contribution in [3.8, 4) is 11.5 Å². The van der Waals surface area contributed by atoms with Gasteiger partial charge in [0.25, 0.3) is 5.69 Å². The summed E-state index contributed by atoms with van der Waals surface area (Å²) in [5, 5.41) is 21.1. The molecule has 0 atom stereocenters. The summed E-state index contributed by atoms with van der Waals surface area (Å²) >= 11 is 3.32. The third kappa shape index (κ3) is 3.82. The van der Waals surface area contributed by atoms with Gasteiger partial charge in [0.1, 0.15) is 0 Å². The number of phenolic OH excluding ortho intramolecular Hbond substituents is 1. The molecule has 0 radical (unpaired) electrons. The number of hydrogen-bond acceptors (Lipinski definition) is 5. The molecule has 7 heteroatoms. The number of nitrogens with zero attached hydrogens (tertiary/aromatic N) is 2. The van der Waals surface area contributed by atoms with Crippen LogP contribution in [0.1, 0.15) is 12.5 Å².